The number of thiazole rings is 1. The van der Waals surface area contributed by atoms with Gasteiger partial charge in [-0.3, -0.25) is 0 Å². The lowest BCUT2D eigenvalue weighted by molar-refractivity contribution is 0.194. The summed E-state index contributed by atoms with van der Waals surface area (Å²) in [5, 5.41) is 6.08. The van der Waals surface area contributed by atoms with Crippen LogP contribution in [-0.2, 0) is 6.54 Å². The number of nitrogens with one attached hydrogen (secondary N) is 1. The number of amides is 2. The third kappa shape index (κ3) is 4.53. The van der Waals surface area contributed by atoms with Crippen molar-refractivity contribution in [2.24, 2.45) is 0 Å². The Bertz CT molecular complexity index is 768. The molecule has 150 valence electrons. The summed E-state index contributed by atoms with van der Waals surface area (Å²) >= 11 is 1.64. The molecule has 2 aromatic heterocycles. The molecule has 4 rings (SSSR count). The monoisotopic (exact) mass is 401 g/mol. The van der Waals surface area contributed by atoms with Crippen LogP contribution in [-0.4, -0.2) is 85.2 Å². The molecule has 0 saturated carbocycles. The summed E-state index contributed by atoms with van der Waals surface area (Å²) in [7, 11) is 2.15. The van der Waals surface area contributed by atoms with Gasteiger partial charge in [0.15, 0.2) is 5.13 Å². The van der Waals surface area contributed by atoms with Crippen LogP contribution in [0.2, 0.25) is 0 Å². The van der Waals surface area contributed by atoms with Crippen LogP contribution in [0.15, 0.2) is 29.9 Å². The van der Waals surface area contributed by atoms with Crippen LogP contribution in [0, 0.1) is 0 Å². The number of pyridine rings is 1. The highest BCUT2D eigenvalue weighted by molar-refractivity contribution is 7.13. The highest BCUT2D eigenvalue weighted by Gasteiger charge is 2.22. The van der Waals surface area contributed by atoms with E-state index in [9.17, 15) is 4.79 Å². The fraction of sp³-hybridized carbons (Fsp3) is 0.526. The molecule has 0 atom stereocenters. The van der Waals surface area contributed by atoms with Gasteiger partial charge in [-0.25, -0.2) is 14.8 Å². The highest BCUT2D eigenvalue weighted by Crippen LogP contribution is 2.19. The first-order chi connectivity index (χ1) is 13.7. The largest absolute Gasteiger partial charge is 0.354 e. The van der Waals surface area contributed by atoms with E-state index in [4.69, 9.17) is 0 Å². The minimum atomic E-state index is -0.00301. The van der Waals surface area contributed by atoms with Crippen molar-refractivity contribution in [1.82, 2.24) is 25.1 Å². The van der Waals surface area contributed by atoms with E-state index >= 15 is 0 Å². The molecule has 0 unspecified atom stereocenters. The Morgan fingerprint density at radius 1 is 1.04 bits per heavy atom. The van der Waals surface area contributed by atoms with Crippen molar-refractivity contribution in [2.45, 2.75) is 6.54 Å². The second kappa shape index (κ2) is 8.74. The molecular weight excluding hydrogens is 374 g/mol. The molecule has 8 nitrogen and oxygen atoms in total. The molecule has 0 bridgehead atoms. The number of nitrogens with zero attached hydrogens (tertiary/aromatic N) is 6. The first-order valence-electron chi connectivity index (χ1n) is 9.75. The number of urea groups is 1. The van der Waals surface area contributed by atoms with Gasteiger partial charge in [-0.05, 0) is 24.7 Å². The van der Waals surface area contributed by atoms with Crippen LogP contribution in [0.1, 0.15) is 5.56 Å². The predicted octanol–water partition coefficient (Wildman–Crippen LogP) is 1.32. The van der Waals surface area contributed by atoms with Crippen LogP contribution < -0.4 is 15.1 Å². The molecule has 2 saturated heterocycles. The van der Waals surface area contributed by atoms with E-state index in [0.717, 1.165) is 55.8 Å². The predicted molar refractivity (Wildman–Crippen MR) is 112 cm³/mol. The van der Waals surface area contributed by atoms with Crippen LogP contribution in [0.5, 0.6) is 0 Å². The van der Waals surface area contributed by atoms with Crippen molar-refractivity contribution < 1.29 is 4.79 Å². The fourth-order valence-corrected chi connectivity index (χ4v) is 4.24. The number of hydrogen-bond acceptors (Lipinski definition) is 7. The molecule has 0 spiro atoms. The van der Waals surface area contributed by atoms with Crippen molar-refractivity contribution in [1.29, 1.82) is 0 Å². The van der Waals surface area contributed by atoms with Crippen LogP contribution in [0.4, 0.5) is 15.7 Å². The Balaban J connectivity index is 1.26. The van der Waals surface area contributed by atoms with E-state index < -0.39 is 0 Å². The van der Waals surface area contributed by atoms with Gasteiger partial charge in [0, 0.05) is 76.7 Å². The van der Waals surface area contributed by atoms with Gasteiger partial charge in [-0.1, -0.05) is 0 Å². The van der Waals surface area contributed by atoms with Gasteiger partial charge in [0.25, 0.3) is 0 Å². The van der Waals surface area contributed by atoms with Crippen LogP contribution >= 0.6 is 11.3 Å². The Morgan fingerprint density at radius 2 is 1.79 bits per heavy atom. The normalized spacial score (nSPS) is 18.4. The van der Waals surface area contributed by atoms with E-state index in [0.29, 0.717) is 19.6 Å². The summed E-state index contributed by atoms with van der Waals surface area (Å²) in [4.78, 5) is 30.2. The Kier molecular flexibility index (Phi) is 5.92. The van der Waals surface area contributed by atoms with E-state index in [2.05, 4.69) is 43.1 Å². The fourth-order valence-electron chi connectivity index (χ4n) is 3.54. The molecule has 2 aliphatic rings. The van der Waals surface area contributed by atoms with E-state index in [1.165, 1.54) is 0 Å². The minimum absolute atomic E-state index is 0.00301. The maximum atomic E-state index is 12.5. The number of piperazine rings is 2. The van der Waals surface area contributed by atoms with Crippen molar-refractivity contribution in [3.05, 3.63) is 35.5 Å². The van der Waals surface area contributed by atoms with E-state index in [1.807, 2.05) is 28.7 Å². The standard InChI is InChI=1S/C19H27N7OS/c1-23-5-7-24(8-6-23)17-14-16(2-3-20-17)15-22-18(27)25-9-11-26(12-10-25)19-21-4-13-28-19/h2-4,13-14H,5-12,15H2,1H3,(H,22,27). The molecule has 0 radical (unpaired) electrons. The highest BCUT2D eigenvalue weighted by atomic mass is 32.1. The smallest absolute Gasteiger partial charge is 0.317 e. The Labute approximate surface area is 169 Å². The van der Waals surface area contributed by atoms with Gasteiger partial charge in [0.05, 0.1) is 0 Å². The average molecular weight is 402 g/mol. The zero-order chi connectivity index (χ0) is 19.3. The Hall–Kier alpha value is -2.39. The summed E-state index contributed by atoms with van der Waals surface area (Å²) in [5.74, 6) is 0.997. The molecule has 28 heavy (non-hydrogen) atoms. The number of anilines is 2. The third-order valence-electron chi connectivity index (χ3n) is 5.34. The quantitative estimate of drug-likeness (QED) is 0.834. The topological polar surface area (TPSA) is 67.8 Å². The molecule has 1 N–H and O–H groups in total. The number of carbonyl (C=O) groups excluding carboxylic acids is 1. The first-order valence-corrected chi connectivity index (χ1v) is 10.6. The molecular formula is C19H27N7OS. The summed E-state index contributed by atoms with van der Waals surface area (Å²) in [5.41, 5.74) is 1.08. The van der Waals surface area contributed by atoms with Gasteiger partial charge in [-0.15, -0.1) is 11.3 Å². The summed E-state index contributed by atoms with van der Waals surface area (Å²) in [6.45, 7) is 7.68. The summed E-state index contributed by atoms with van der Waals surface area (Å²) in [6, 6.07) is 4.06. The lowest BCUT2D eigenvalue weighted by atomic mass is 10.2. The van der Waals surface area contributed by atoms with Gasteiger partial charge < -0.3 is 24.9 Å². The lowest BCUT2D eigenvalue weighted by Crippen LogP contribution is -2.51. The van der Waals surface area contributed by atoms with Gasteiger partial charge in [0.1, 0.15) is 5.82 Å². The lowest BCUT2D eigenvalue weighted by Gasteiger charge is -2.34. The molecule has 2 aromatic rings. The molecule has 2 amide bonds. The number of likely N-dealkylation sites (N-methyl/N-ethyl adjacent to an activating group) is 1. The summed E-state index contributed by atoms with van der Waals surface area (Å²) in [6.07, 6.45) is 3.66. The molecule has 4 heterocycles. The minimum Gasteiger partial charge on any atom is -0.354 e. The van der Waals surface area contributed by atoms with Gasteiger partial charge in [0.2, 0.25) is 0 Å². The molecule has 0 aliphatic carbocycles. The molecule has 0 aromatic carbocycles. The average Bonchev–Trinajstić information content (AvgIpc) is 3.28. The first kappa shape index (κ1) is 18.9. The van der Waals surface area contributed by atoms with Crippen LogP contribution in [0.3, 0.4) is 0 Å². The van der Waals surface area contributed by atoms with Crippen molar-refractivity contribution >= 4 is 28.3 Å². The second-order valence-electron chi connectivity index (χ2n) is 7.26. The number of hydrogen-bond donors (Lipinski definition) is 1. The van der Waals surface area contributed by atoms with Crippen LogP contribution in [0.25, 0.3) is 0 Å². The third-order valence-corrected chi connectivity index (χ3v) is 6.17. The number of carbonyl (C=O) groups is 1. The SMILES string of the molecule is CN1CCN(c2cc(CNC(=O)N3CCN(c4nccs4)CC3)ccn2)CC1. The number of aromatic nitrogens is 2. The Morgan fingerprint density at radius 3 is 2.50 bits per heavy atom. The van der Waals surface area contributed by atoms with Crippen molar-refractivity contribution in [3.63, 3.8) is 0 Å². The number of rotatable bonds is 4. The second-order valence-corrected chi connectivity index (χ2v) is 8.13. The van der Waals surface area contributed by atoms with Crippen molar-refractivity contribution in [3.8, 4) is 0 Å². The maximum absolute atomic E-state index is 12.5. The van der Waals surface area contributed by atoms with Crippen molar-refractivity contribution in [2.75, 3.05) is 69.2 Å². The zero-order valence-corrected chi connectivity index (χ0v) is 17.1. The summed E-state index contributed by atoms with van der Waals surface area (Å²) < 4.78 is 0. The molecule has 2 aliphatic heterocycles. The molecule has 9 heteroatoms. The zero-order valence-electron chi connectivity index (χ0n) is 16.3. The van der Waals surface area contributed by atoms with Gasteiger partial charge in [-0.2, -0.15) is 0 Å². The van der Waals surface area contributed by atoms with E-state index in [-0.39, 0.29) is 6.03 Å². The maximum Gasteiger partial charge on any atom is 0.317 e. The van der Waals surface area contributed by atoms with Gasteiger partial charge >= 0.3 is 6.03 Å². The van der Waals surface area contributed by atoms with E-state index in [1.54, 1.807) is 11.3 Å². The molecule has 2 fully saturated rings.